The van der Waals surface area contributed by atoms with E-state index in [0.29, 0.717) is 29.3 Å². The second-order valence-electron chi connectivity index (χ2n) is 5.84. The van der Waals surface area contributed by atoms with Gasteiger partial charge in [-0.25, -0.2) is 9.18 Å². The van der Waals surface area contributed by atoms with Crippen LogP contribution in [0.15, 0.2) is 54.6 Å². The Morgan fingerprint density at radius 1 is 1.19 bits per heavy atom. The van der Waals surface area contributed by atoms with Crippen molar-refractivity contribution in [1.29, 1.82) is 0 Å². The Labute approximate surface area is 161 Å². The van der Waals surface area contributed by atoms with Gasteiger partial charge in [-0.1, -0.05) is 29.8 Å². The van der Waals surface area contributed by atoms with Crippen molar-refractivity contribution in [3.8, 4) is 17.0 Å². The molecule has 1 aromatic heterocycles. The molecular formula is C21H17ClFNO3. The number of carbonyl (C=O) groups is 1. The Hall–Kier alpha value is -2.92. The minimum absolute atomic E-state index is 0.0769. The molecule has 0 amide bonds. The van der Waals surface area contributed by atoms with E-state index in [1.54, 1.807) is 6.07 Å². The number of para-hydroxylation sites is 1. The lowest BCUT2D eigenvalue weighted by molar-refractivity contribution is 0.0695. The molecule has 0 spiro atoms. The summed E-state index contributed by atoms with van der Waals surface area (Å²) < 4.78 is 18.9. The zero-order valence-corrected chi connectivity index (χ0v) is 15.3. The van der Waals surface area contributed by atoms with E-state index in [0.717, 1.165) is 5.56 Å². The molecular weight excluding hydrogens is 369 g/mol. The van der Waals surface area contributed by atoms with Gasteiger partial charge in [-0.15, -0.1) is 0 Å². The van der Waals surface area contributed by atoms with E-state index in [4.69, 9.17) is 16.3 Å². The maximum atomic E-state index is 13.3. The molecule has 4 nitrogen and oxygen atoms in total. The number of hydrogen-bond donors (Lipinski definition) is 1. The van der Waals surface area contributed by atoms with E-state index in [2.05, 4.69) is 4.98 Å². The largest absolute Gasteiger partial charge is 0.493 e. The summed E-state index contributed by atoms with van der Waals surface area (Å²) in [7, 11) is 0. The highest BCUT2D eigenvalue weighted by Gasteiger charge is 2.16. The van der Waals surface area contributed by atoms with Crippen molar-refractivity contribution in [3.63, 3.8) is 0 Å². The van der Waals surface area contributed by atoms with Crippen molar-refractivity contribution in [2.45, 2.75) is 13.3 Å². The molecule has 0 bridgehead atoms. The Morgan fingerprint density at radius 3 is 2.67 bits per heavy atom. The predicted octanol–water partition coefficient (Wildman–Crippen LogP) is 5.23. The summed E-state index contributed by atoms with van der Waals surface area (Å²) in [6, 6.07) is 14.6. The van der Waals surface area contributed by atoms with Crippen molar-refractivity contribution >= 4 is 17.6 Å². The van der Waals surface area contributed by atoms with Gasteiger partial charge in [-0.2, -0.15) is 0 Å². The van der Waals surface area contributed by atoms with Gasteiger partial charge in [0.1, 0.15) is 11.6 Å². The monoisotopic (exact) mass is 385 g/mol. The molecule has 0 radical (unpaired) electrons. The van der Waals surface area contributed by atoms with Crippen molar-refractivity contribution in [2.24, 2.45) is 0 Å². The first-order valence-electron chi connectivity index (χ1n) is 8.39. The molecule has 3 aromatic rings. The average molecular weight is 386 g/mol. The zero-order valence-electron chi connectivity index (χ0n) is 14.6. The minimum Gasteiger partial charge on any atom is -0.493 e. The Morgan fingerprint density at radius 2 is 1.96 bits per heavy atom. The number of rotatable bonds is 6. The maximum absolute atomic E-state index is 13.3. The summed E-state index contributed by atoms with van der Waals surface area (Å²) in [5, 5.41) is 9.73. The van der Waals surface area contributed by atoms with Gasteiger partial charge in [0.25, 0.3) is 0 Å². The van der Waals surface area contributed by atoms with Crippen molar-refractivity contribution in [1.82, 2.24) is 4.98 Å². The van der Waals surface area contributed by atoms with Gasteiger partial charge >= 0.3 is 5.97 Å². The first-order valence-corrected chi connectivity index (χ1v) is 8.76. The smallest absolute Gasteiger partial charge is 0.337 e. The van der Waals surface area contributed by atoms with Crippen LogP contribution >= 0.6 is 11.6 Å². The highest BCUT2D eigenvalue weighted by Crippen LogP contribution is 2.30. The van der Waals surface area contributed by atoms with E-state index in [1.165, 1.54) is 24.3 Å². The number of carboxylic acids is 1. The molecule has 2 aromatic carbocycles. The number of carboxylic acid groups (broad SMARTS) is 1. The lowest BCUT2D eigenvalue weighted by atomic mass is 10.0. The third-order valence-electron chi connectivity index (χ3n) is 4.04. The van der Waals surface area contributed by atoms with Gasteiger partial charge in [0.2, 0.25) is 0 Å². The van der Waals surface area contributed by atoms with E-state index < -0.39 is 11.8 Å². The summed E-state index contributed by atoms with van der Waals surface area (Å²) in [6.45, 7) is 2.39. The maximum Gasteiger partial charge on any atom is 0.337 e. The number of nitrogens with zero attached hydrogens (tertiary/aromatic N) is 1. The number of pyridine rings is 1. The summed E-state index contributed by atoms with van der Waals surface area (Å²) >= 11 is 6.10. The van der Waals surface area contributed by atoms with Crippen LogP contribution in [0.4, 0.5) is 4.39 Å². The Bertz CT molecular complexity index is 991. The molecule has 0 saturated carbocycles. The zero-order chi connectivity index (χ0) is 19.4. The summed E-state index contributed by atoms with van der Waals surface area (Å²) in [4.78, 5) is 16.2. The second-order valence-corrected chi connectivity index (χ2v) is 6.24. The van der Waals surface area contributed by atoms with Crippen LogP contribution in [-0.2, 0) is 6.42 Å². The quantitative estimate of drug-likeness (QED) is 0.631. The molecule has 6 heteroatoms. The third-order valence-corrected chi connectivity index (χ3v) is 4.39. The fourth-order valence-corrected chi connectivity index (χ4v) is 3.02. The highest BCUT2D eigenvalue weighted by molar-refractivity contribution is 6.31. The molecule has 0 fully saturated rings. The molecule has 0 atom stereocenters. The molecule has 0 aliphatic rings. The summed E-state index contributed by atoms with van der Waals surface area (Å²) in [6.07, 6.45) is 0.172. The molecule has 1 N–H and O–H groups in total. The van der Waals surface area contributed by atoms with Crippen LogP contribution in [-0.4, -0.2) is 22.7 Å². The van der Waals surface area contributed by atoms with E-state index >= 15 is 0 Å². The van der Waals surface area contributed by atoms with Crippen molar-refractivity contribution in [3.05, 3.63) is 82.3 Å². The van der Waals surface area contributed by atoms with Crippen LogP contribution in [0.3, 0.4) is 0 Å². The molecule has 1 heterocycles. The summed E-state index contributed by atoms with van der Waals surface area (Å²) in [5.41, 5.74) is 2.39. The molecule has 0 aliphatic heterocycles. The summed E-state index contributed by atoms with van der Waals surface area (Å²) in [5.74, 6) is -0.865. The molecule has 138 valence electrons. The lowest BCUT2D eigenvalue weighted by Crippen LogP contribution is -2.07. The highest BCUT2D eigenvalue weighted by atomic mass is 35.5. The normalized spacial score (nSPS) is 10.6. The predicted molar refractivity (Wildman–Crippen MR) is 102 cm³/mol. The number of halogens is 2. The SMILES string of the molecule is CCOc1ccccc1-c1ccc(C(=O)O)c(Cc2ccc(F)cc2Cl)n1. The van der Waals surface area contributed by atoms with Gasteiger partial charge < -0.3 is 9.84 Å². The van der Waals surface area contributed by atoms with Gasteiger partial charge in [0.05, 0.1) is 23.6 Å². The van der Waals surface area contributed by atoms with E-state index in [9.17, 15) is 14.3 Å². The van der Waals surface area contributed by atoms with Crippen LogP contribution in [0.1, 0.15) is 28.5 Å². The number of aromatic nitrogens is 1. The van der Waals surface area contributed by atoms with Crippen LogP contribution in [0, 0.1) is 5.82 Å². The fraction of sp³-hybridized carbons (Fsp3) is 0.143. The van der Waals surface area contributed by atoms with Crippen LogP contribution < -0.4 is 4.74 Å². The van der Waals surface area contributed by atoms with Crippen molar-refractivity contribution < 1.29 is 19.0 Å². The van der Waals surface area contributed by atoms with Crippen LogP contribution in [0.2, 0.25) is 5.02 Å². The van der Waals surface area contributed by atoms with Gasteiger partial charge in [0.15, 0.2) is 0 Å². The number of ether oxygens (including phenoxy) is 1. The van der Waals surface area contributed by atoms with E-state index in [-0.39, 0.29) is 17.0 Å². The van der Waals surface area contributed by atoms with Gasteiger partial charge in [0, 0.05) is 17.0 Å². The Balaban J connectivity index is 2.07. The number of aromatic carboxylic acids is 1. The molecule has 0 aliphatic carbocycles. The van der Waals surface area contributed by atoms with E-state index in [1.807, 2.05) is 31.2 Å². The Kier molecular flexibility index (Phi) is 5.72. The minimum atomic E-state index is -1.08. The van der Waals surface area contributed by atoms with Gasteiger partial charge in [-0.3, -0.25) is 4.98 Å². The first-order chi connectivity index (χ1) is 13.0. The molecule has 3 rings (SSSR count). The number of benzene rings is 2. The molecule has 0 unspecified atom stereocenters. The third kappa shape index (κ3) is 4.26. The average Bonchev–Trinajstić information content (AvgIpc) is 2.64. The number of hydrogen-bond acceptors (Lipinski definition) is 3. The van der Waals surface area contributed by atoms with Crippen molar-refractivity contribution in [2.75, 3.05) is 6.61 Å². The standard InChI is InChI=1S/C21H17ClFNO3/c1-2-27-20-6-4-3-5-15(20)18-10-9-16(21(25)26)19(24-18)11-13-7-8-14(23)12-17(13)22/h3-10,12H,2,11H2,1H3,(H,25,26). The topological polar surface area (TPSA) is 59.4 Å². The van der Waals surface area contributed by atoms with Crippen LogP contribution in [0.5, 0.6) is 5.75 Å². The lowest BCUT2D eigenvalue weighted by Gasteiger charge is -2.13. The molecule has 0 saturated heterocycles. The fourth-order valence-electron chi connectivity index (χ4n) is 2.79. The van der Waals surface area contributed by atoms with Crippen LogP contribution in [0.25, 0.3) is 11.3 Å². The van der Waals surface area contributed by atoms with Gasteiger partial charge in [-0.05, 0) is 48.9 Å². The second kappa shape index (κ2) is 8.18. The molecule has 27 heavy (non-hydrogen) atoms. The first kappa shape index (κ1) is 18.9.